The van der Waals surface area contributed by atoms with Crippen LogP contribution >= 0.6 is 0 Å². The molecule has 136 valence electrons. The van der Waals surface area contributed by atoms with Gasteiger partial charge in [0.2, 0.25) is 5.91 Å². The fourth-order valence-corrected chi connectivity index (χ4v) is 2.73. The number of carbonyl (C=O) groups excluding carboxylic acids is 3. The van der Waals surface area contributed by atoms with Gasteiger partial charge in [-0.25, -0.2) is 0 Å². The summed E-state index contributed by atoms with van der Waals surface area (Å²) in [6, 6.07) is 5.51. The van der Waals surface area contributed by atoms with Gasteiger partial charge in [-0.3, -0.25) is 14.4 Å². The predicted octanol–water partition coefficient (Wildman–Crippen LogP) is 1.42. The Balaban J connectivity index is 2.01. The van der Waals surface area contributed by atoms with Gasteiger partial charge >= 0.3 is 5.97 Å². The number of hydrogen-bond acceptors (Lipinski definition) is 5. The van der Waals surface area contributed by atoms with Crippen LogP contribution in [0.2, 0.25) is 0 Å². The maximum atomic E-state index is 12.3. The van der Waals surface area contributed by atoms with Crippen molar-refractivity contribution in [2.75, 3.05) is 25.2 Å². The molecule has 0 spiro atoms. The third kappa shape index (κ3) is 4.71. The summed E-state index contributed by atoms with van der Waals surface area (Å²) in [5.41, 5.74) is 1.63. The summed E-state index contributed by atoms with van der Waals surface area (Å²) in [7, 11) is 1.54. The molecule has 1 heterocycles. The van der Waals surface area contributed by atoms with Crippen molar-refractivity contribution in [1.29, 1.82) is 0 Å². The Bertz CT molecular complexity index is 671. The predicted molar refractivity (Wildman–Crippen MR) is 92.4 cm³/mol. The standard InChI is InChI=1S/C18H24N2O5/c1-11(2)19-16(21)10-25-18(23)13-8-17(22)20(9-13)14-7-12(3)5-6-15(14)24-4/h5-7,11,13H,8-10H2,1-4H3,(H,19,21)/t13-/m1/s1. The highest BCUT2D eigenvalue weighted by molar-refractivity contribution is 6.00. The minimum atomic E-state index is -0.593. The van der Waals surface area contributed by atoms with E-state index in [1.54, 1.807) is 6.07 Å². The molecule has 1 N–H and O–H groups in total. The van der Waals surface area contributed by atoms with Gasteiger partial charge in [0.25, 0.3) is 5.91 Å². The van der Waals surface area contributed by atoms with Crippen molar-refractivity contribution in [3.63, 3.8) is 0 Å². The Morgan fingerprint density at radius 1 is 1.36 bits per heavy atom. The first-order chi connectivity index (χ1) is 11.8. The average Bonchev–Trinajstić information content (AvgIpc) is 2.93. The van der Waals surface area contributed by atoms with Gasteiger partial charge in [-0.1, -0.05) is 6.07 Å². The first-order valence-corrected chi connectivity index (χ1v) is 8.22. The van der Waals surface area contributed by atoms with Crippen molar-refractivity contribution >= 4 is 23.5 Å². The number of nitrogens with one attached hydrogen (secondary N) is 1. The number of rotatable bonds is 6. The molecule has 0 saturated carbocycles. The molecule has 0 radical (unpaired) electrons. The van der Waals surface area contributed by atoms with Gasteiger partial charge in [-0.2, -0.15) is 0 Å². The van der Waals surface area contributed by atoms with Crippen LogP contribution < -0.4 is 15.0 Å². The van der Waals surface area contributed by atoms with Crippen LogP contribution in [0.4, 0.5) is 5.69 Å². The van der Waals surface area contributed by atoms with E-state index in [0.717, 1.165) is 5.56 Å². The maximum Gasteiger partial charge on any atom is 0.311 e. The molecular weight excluding hydrogens is 324 g/mol. The lowest BCUT2D eigenvalue weighted by Crippen LogP contribution is -2.35. The fourth-order valence-electron chi connectivity index (χ4n) is 2.73. The number of benzene rings is 1. The average molecular weight is 348 g/mol. The van der Waals surface area contributed by atoms with E-state index >= 15 is 0 Å². The molecule has 1 fully saturated rings. The number of carbonyl (C=O) groups is 3. The Morgan fingerprint density at radius 2 is 2.08 bits per heavy atom. The second-order valence-electron chi connectivity index (χ2n) is 6.41. The molecule has 2 rings (SSSR count). The van der Waals surface area contributed by atoms with E-state index < -0.39 is 11.9 Å². The normalized spacial score (nSPS) is 16.9. The molecule has 7 heteroatoms. The smallest absolute Gasteiger partial charge is 0.311 e. The van der Waals surface area contributed by atoms with Crippen LogP contribution in [0.5, 0.6) is 5.75 Å². The van der Waals surface area contributed by atoms with E-state index in [1.165, 1.54) is 12.0 Å². The minimum absolute atomic E-state index is 0.0245. The third-order valence-corrected chi connectivity index (χ3v) is 3.88. The number of methoxy groups -OCH3 is 1. The van der Waals surface area contributed by atoms with Crippen molar-refractivity contribution in [2.24, 2.45) is 5.92 Å². The van der Waals surface area contributed by atoms with Gasteiger partial charge in [-0.05, 0) is 38.5 Å². The molecular formula is C18H24N2O5. The molecule has 1 aromatic rings. The van der Waals surface area contributed by atoms with Gasteiger partial charge in [0.15, 0.2) is 6.61 Å². The number of amides is 2. The molecule has 0 aromatic heterocycles. The van der Waals surface area contributed by atoms with Gasteiger partial charge in [0, 0.05) is 19.0 Å². The summed E-state index contributed by atoms with van der Waals surface area (Å²) < 4.78 is 10.4. The van der Waals surface area contributed by atoms with Crippen molar-refractivity contribution < 1.29 is 23.9 Å². The molecule has 0 aliphatic carbocycles. The Hall–Kier alpha value is -2.57. The Kier molecular flexibility index (Phi) is 6.01. The van der Waals surface area contributed by atoms with E-state index in [2.05, 4.69) is 5.32 Å². The number of hydrogen-bond donors (Lipinski definition) is 1. The number of anilines is 1. The zero-order valence-corrected chi connectivity index (χ0v) is 15.0. The topological polar surface area (TPSA) is 84.9 Å². The highest BCUT2D eigenvalue weighted by Crippen LogP contribution is 2.34. The molecule has 2 amide bonds. The highest BCUT2D eigenvalue weighted by atomic mass is 16.5. The molecule has 1 atom stereocenters. The van der Waals surface area contributed by atoms with Gasteiger partial charge in [-0.15, -0.1) is 0 Å². The SMILES string of the molecule is COc1ccc(C)cc1N1C[C@H](C(=O)OCC(=O)NC(C)C)CC1=O. The lowest BCUT2D eigenvalue weighted by molar-refractivity contribution is -0.152. The molecule has 1 aromatic carbocycles. The quantitative estimate of drug-likeness (QED) is 0.786. The first-order valence-electron chi connectivity index (χ1n) is 8.22. The molecule has 25 heavy (non-hydrogen) atoms. The van der Waals surface area contributed by atoms with Crippen molar-refractivity contribution in [1.82, 2.24) is 5.32 Å². The second-order valence-corrected chi connectivity index (χ2v) is 6.41. The summed E-state index contributed by atoms with van der Waals surface area (Å²) in [6.07, 6.45) is 0.0573. The lowest BCUT2D eigenvalue weighted by Gasteiger charge is -2.20. The van der Waals surface area contributed by atoms with Gasteiger partial charge in [0.05, 0.1) is 18.7 Å². The fraction of sp³-hybridized carbons (Fsp3) is 0.500. The van der Waals surface area contributed by atoms with Crippen LogP contribution in [0.25, 0.3) is 0 Å². The van der Waals surface area contributed by atoms with E-state index in [-0.39, 0.29) is 37.4 Å². The summed E-state index contributed by atoms with van der Waals surface area (Å²) in [5.74, 6) is -1.09. The largest absolute Gasteiger partial charge is 0.495 e. The van der Waals surface area contributed by atoms with E-state index in [4.69, 9.17) is 9.47 Å². The van der Waals surface area contributed by atoms with E-state index in [1.807, 2.05) is 32.9 Å². The molecule has 0 bridgehead atoms. The maximum absolute atomic E-state index is 12.3. The van der Waals surface area contributed by atoms with Crippen LogP contribution in [0.1, 0.15) is 25.8 Å². The number of nitrogens with zero attached hydrogens (tertiary/aromatic N) is 1. The van der Waals surface area contributed by atoms with Crippen LogP contribution in [0.3, 0.4) is 0 Å². The molecule has 7 nitrogen and oxygen atoms in total. The van der Waals surface area contributed by atoms with Crippen molar-refractivity contribution in [2.45, 2.75) is 33.2 Å². The van der Waals surface area contributed by atoms with Crippen LogP contribution in [-0.2, 0) is 19.1 Å². The Labute approximate surface area is 147 Å². The van der Waals surface area contributed by atoms with Gasteiger partial charge < -0.3 is 19.7 Å². The number of esters is 1. The van der Waals surface area contributed by atoms with Gasteiger partial charge in [0.1, 0.15) is 5.75 Å². The molecule has 1 aliphatic rings. The van der Waals surface area contributed by atoms with E-state index in [9.17, 15) is 14.4 Å². The van der Waals surface area contributed by atoms with Crippen LogP contribution in [-0.4, -0.2) is 44.1 Å². The first kappa shape index (κ1) is 18.8. The van der Waals surface area contributed by atoms with Crippen LogP contribution in [0, 0.1) is 12.8 Å². The highest BCUT2D eigenvalue weighted by Gasteiger charge is 2.37. The van der Waals surface area contributed by atoms with Crippen molar-refractivity contribution in [3.8, 4) is 5.75 Å². The van der Waals surface area contributed by atoms with Crippen molar-refractivity contribution in [3.05, 3.63) is 23.8 Å². The lowest BCUT2D eigenvalue weighted by atomic mass is 10.1. The molecule has 1 aliphatic heterocycles. The molecule has 1 saturated heterocycles. The van der Waals surface area contributed by atoms with E-state index in [0.29, 0.717) is 11.4 Å². The summed E-state index contributed by atoms with van der Waals surface area (Å²) in [5, 5.41) is 2.64. The minimum Gasteiger partial charge on any atom is -0.495 e. The zero-order chi connectivity index (χ0) is 18.6. The zero-order valence-electron chi connectivity index (χ0n) is 15.0. The second kappa shape index (κ2) is 8.00. The summed E-state index contributed by atoms with van der Waals surface area (Å²) >= 11 is 0. The monoisotopic (exact) mass is 348 g/mol. The molecule has 0 unspecified atom stereocenters. The van der Waals surface area contributed by atoms with Crippen LogP contribution in [0.15, 0.2) is 18.2 Å². The third-order valence-electron chi connectivity index (χ3n) is 3.88. The summed E-state index contributed by atoms with van der Waals surface area (Å²) in [6.45, 7) is 5.44. The summed E-state index contributed by atoms with van der Waals surface area (Å²) in [4.78, 5) is 37.6. The number of aryl methyl sites for hydroxylation is 1. The Morgan fingerprint density at radius 3 is 2.72 bits per heavy atom. The number of ether oxygens (including phenoxy) is 2.